The van der Waals surface area contributed by atoms with Crippen molar-refractivity contribution in [2.24, 2.45) is 0 Å². The number of aliphatic carboxylic acids is 2. The number of aldehydes is 1. The van der Waals surface area contributed by atoms with E-state index < -0.39 is 18.5 Å². The SMILES string of the molecule is O=C(O)CO.O=CC(=O)O. The summed E-state index contributed by atoms with van der Waals surface area (Å²) in [4.78, 5) is 27.0. The van der Waals surface area contributed by atoms with Gasteiger partial charge < -0.3 is 15.3 Å². The average molecular weight is 150 g/mol. The van der Waals surface area contributed by atoms with E-state index in [1.165, 1.54) is 0 Å². The van der Waals surface area contributed by atoms with Crippen molar-refractivity contribution in [3.63, 3.8) is 0 Å². The molecule has 3 N–H and O–H groups in total. The van der Waals surface area contributed by atoms with E-state index >= 15 is 0 Å². The monoisotopic (exact) mass is 150 g/mol. The van der Waals surface area contributed by atoms with Gasteiger partial charge in [-0.3, -0.25) is 4.79 Å². The molecule has 6 heteroatoms. The Kier molecular flexibility index (Phi) is 8.61. The summed E-state index contributed by atoms with van der Waals surface area (Å²) in [6, 6.07) is 0. The lowest BCUT2D eigenvalue weighted by molar-refractivity contribution is -0.143. The zero-order chi connectivity index (χ0) is 8.57. The molecule has 0 aliphatic rings. The van der Waals surface area contributed by atoms with Crippen LogP contribution < -0.4 is 0 Å². The van der Waals surface area contributed by atoms with Gasteiger partial charge >= 0.3 is 11.9 Å². The average Bonchev–Trinajstić information content (AvgIpc) is 1.89. The fourth-order valence-electron chi connectivity index (χ4n) is 0. The second-order valence-corrected chi connectivity index (χ2v) is 1.01. The fourth-order valence-corrected chi connectivity index (χ4v) is 0. The van der Waals surface area contributed by atoms with E-state index in [1.54, 1.807) is 0 Å². The highest BCUT2D eigenvalue weighted by Gasteiger charge is 1.82. The molecule has 0 aromatic carbocycles. The van der Waals surface area contributed by atoms with Crippen LogP contribution >= 0.6 is 0 Å². The summed E-state index contributed by atoms with van der Waals surface area (Å²) < 4.78 is 0. The first-order valence-corrected chi connectivity index (χ1v) is 2.05. The Morgan fingerprint density at radius 2 is 1.50 bits per heavy atom. The largest absolute Gasteiger partial charge is 0.480 e. The summed E-state index contributed by atoms with van der Waals surface area (Å²) in [6.07, 6.45) is -0.167. The van der Waals surface area contributed by atoms with Crippen LogP contribution in [0.1, 0.15) is 0 Å². The molecule has 0 atom stereocenters. The fraction of sp³-hybridized carbons (Fsp3) is 0.250. The maximum atomic E-state index is 9.12. The van der Waals surface area contributed by atoms with Crippen molar-refractivity contribution < 1.29 is 29.7 Å². The van der Waals surface area contributed by atoms with Crippen LogP contribution in [0.4, 0.5) is 0 Å². The van der Waals surface area contributed by atoms with Crippen LogP contribution in [0.25, 0.3) is 0 Å². The molecule has 0 aromatic heterocycles. The number of carbonyl (C=O) groups is 3. The number of aliphatic hydroxyl groups excluding tert-OH is 1. The molecular formula is C4H6O6. The number of carbonyl (C=O) groups excluding carboxylic acids is 1. The minimum Gasteiger partial charge on any atom is -0.480 e. The van der Waals surface area contributed by atoms with E-state index in [9.17, 15) is 0 Å². The molecule has 0 saturated carbocycles. The number of carboxylic acids is 2. The summed E-state index contributed by atoms with van der Waals surface area (Å²) in [5.74, 6) is -2.62. The van der Waals surface area contributed by atoms with E-state index in [0.717, 1.165) is 0 Å². The lowest BCUT2D eigenvalue weighted by Gasteiger charge is -1.72. The minimum atomic E-state index is -1.43. The Balaban J connectivity index is 0. The third-order valence-electron chi connectivity index (χ3n) is 0.236. The van der Waals surface area contributed by atoms with Gasteiger partial charge in [0.05, 0.1) is 0 Å². The van der Waals surface area contributed by atoms with Crippen molar-refractivity contribution in [1.29, 1.82) is 0 Å². The summed E-state index contributed by atoms with van der Waals surface area (Å²) in [5, 5.41) is 22.4. The van der Waals surface area contributed by atoms with Gasteiger partial charge in [0.2, 0.25) is 6.29 Å². The molecule has 0 spiro atoms. The van der Waals surface area contributed by atoms with Crippen LogP contribution in [0.2, 0.25) is 0 Å². The van der Waals surface area contributed by atoms with Gasteiger partial charge in [-0.15, -0.1) is 0 Å². The molecule has 0 radical (unpaired) electrons. The van der Waals surface area contributed by atoms with Crippen molar-refractivity contribution in [1.82, 2.24) is 0 Å². The van der Waals surface area contributed by atoms with Gasteiger partial charge in [-0.25, -0.2) is 9.59 Å². The van der Waals surface area contributed by atoms with E-state index in [-0.39, 0.29) is 6.29 Å². The molecule has 0 aliphatic carbocycles. The molecule has 0 fully saturated rings. The molecule has 6 nitrogen and oxygen atoms in total. The van der Waals surface area contributed by atoms with Gasteiger partial charge in [-0.1, -0.05) is 0 Å². The van der Waals surface area contributed by atoms with Crippen molar-refractivity contribution in [3.8, 4) is 0 Å². The third kappa shape index (κ3) is 30.9. The third-order valence-corrected chi connectivity index (χ3v) is 0.236. The quantitative estimate of drug-likeness (QED) is 0.320. The summed E-state index contributed by atoms with van der Waals surface area (Å²) in [6.45, 7) is -0.778. The lowest BCUT2D eigenvalue weighted by atomic mass is 10.8. The zero-order valence-electron chi connectivity index (χ0n) is 4.85. The molecule has 0 saturated heterocycles. The number of rotatable bonds is 2. The summed E-state index contributed by atoms with van der Waals surface area (Å²) in [5.41, 5.74) is 0. The van der Waals surface area contributed by atoms with E-state index in [2.05, 4.69) is 0 Å². The topological polar surface area (TPSA) is 112 Å². The van der Waals surface area contributed by atoms with E-state index in [1.807, 2.05) is 0 Å². The Morgan fingerprint density at radius 3 is 1.50 bits per heavy atom. The van der Waals surface area contributed by atoms with Crippen molar-refractivity contribution in [2.75, 3.05) is 6.61 Å². The molecule has 0 rings (SSSR count). The van der Waals surface area contributed by atoms with Crippen LogP contribution in [0.5, 0.6) is 0 Å². The molecule has 58 valence electrons. The molecule has 0 aromatic rings. The second kappa shape index (κ2) is 7.57. The first-order valence-electron chi connectivity index (χ1n) is 2.05. The van der Waals surface area contributed by atoms with Crippen LogP contribution in [0.3, 0.4) is 0 Å². The number of carboxylic acid groups (broad SMARTS) is 2. The van der Waals surface area contributed by atoms with Gasteiger partial charge in [0.25, 0.3) is 0 Å². The number of aliphatic hydroxyl groups is 1. The summed E-state index contributed by atoms with van der Waals surface area (Å²) in [7, 11) is 0. The van der Waals surface area contributed by atoms with Gasteiger partial charge in [-0.05, 0) is 0 Å². The van der Waals surface area contributed by atoms with Crippen LogP contribution in [0, 0.1) is 0 Å². The van der Waals surface area contributed by atoms with Gasteiger partial charge in [0.15, 0.2) is 0 Å². The molecule has 0 amide bonds. The predicted molar refractivity (Wildman–Crippen MR) is 28.4 cm³/mol. The van der Waals surface area contributed by atoms with Crippen LogP contribution in [0.15, 0.2) is 0 Å². The Morgan fingerprint density at radius 1 is 1.30 bits per heavy atom. The smallest absolute Gasteiger partial charge is 0.368 e. The molecule has 0 bridgehead atoms. The van der Waals surface area contributed by atoms with Gasteiger partial charge in [-0.2, -0.15) is 0 Å². The Bertz CT molecular complexity index is 128. The molecule has 10 heavy (non-hydrogen) atoms. The van der Waals surface area contributed by atoms with Gasteiger partial charge in [0.1, 0.15) is 6.61 Å². The number of hydrogen-bond acceptors (Lipinski definition) is 4. The number of hydrogen-bond donors (Lipinski definition) is 3. The van der Waals surface area contributed by atoms with Crippen molar-refractivity contribution in [3.05, 3.63) is 0 Å². The van der Waals surface area contributed by atoms with Crippen molar-refractivity contribution >= 4 is 18.2 Å². The summed E-state index contributed by atoms with van der Waals surface area (Å²) >= 11 is 0. The second-order valence-electron chi connectivity index (χ2n) is 1.01. The van der Waals surface area contributed by atoms with Crippen molar-refractivity contribution in [2.45, 2.75) is 0 Å². The molecule has 0 heterocycles. The van der Waals surface area contributed by atoms with E-state index in [0.29, 0.717) is 0 Å². The highest BCUT2D eigenvalue weighted by atomic mass is 16.4. The first-order chi connectivity index (χ1) is 4.54. The van der Waals surface area contributed by atoms with Gasteiger partial charge in [0, 0.05) is 0 Å². The lowest BCUT2D eigenvalue weighted by Crippen LogP contribution is -1.98. The highest BCUT2D eigenvalue weighted by Crippen LogP contribution is 1.48. The minimum absolute atomic E-state index is 0.167. The first kappa shape index (κ1) is 11.4. The standard InChI is InChI=1S/C2H4O3.C2H2O3/c2*3-1-2(4)5/h3H,1H2,(H,4,5);1H,(H,4,5). The van der Waals surface area contributed by atoms with E-state index in [4.69, 9.17) is 29.7 Å². The molecular weight excluding hydrogens is 144 g/mol. The normalized spacial score (nSPS) is 6.90. The Hall–Kier alpha value is -1.43. The van der Waals surface area contributed by atoms with Crippen LogP contribution in [-0.4, -0.2) is 40.2 Å². The molecule has 0 unspecified atom stereocenters. The zero-order valence-corrected chi connectivity index (χ0v) is 4.85. The highest BCUT2D eigenvalue weighted by molar-refractivity contribution is 6.19. The Labute approximate surface area is 55.7 Å². The maximum absolute atomic E-state index is 9.12. The maximum Gasteiger partial charge on any atom is 0.368 e. The predicted octanol–water partition coefficient (Wildman–Crippen LogP) is -1.67. The van der Waals surface area contributed by atoms with Crippen LogP contribution in [-0.2, 0) is 14.4 Å². The molecule has 0 aliphatic heterocycles.